The molecule has 1 amide bonds. The predicted octanol–water partition coefficient (Wildman–Crippen LogP) is 3.04. The molecule has 2 rings (SSSR count). The summed E-state index contributed by atoms with van der Waals surface area (Å²) in [4.78, 5) is 18.4. The number of benzene rings is 1. The number of carbonyl (C=O) groups is 1. The molecule has 0 radical (unpaired) electrons. The zero-order valence-electron chi connectivity index (χ0n) is 11.0. The highest BCUT2D eigenvalue weighted by Gasteiger charge is 2.15. The highest BCUT2D eigenvalue weighted by Crippen LogP contribution is 2.25. The van der Waals surface area contributed by atoms with Crippen molar-refractivity contribution < 1.29 is 9.53 Å². The van der Waals surface area contributed by atoms with Crippen molar-refractivity contribution in [2.45, 2.75) is 26.2 Å². The molecule has 5 nitrogen and oxygen atoms in total. The lowest BCUT2D eigenvalue weighted by molar-refractivity contribution is 0.186. The Balaban J connectivity index is 2.37. The van der Waals surface area contributed by atoms with Gasteiger partial charge < -0.3 is 9.72 Å². The van der Waals surface area contributed by atoms with E-state index in [2.05, 4.69) is 40.8 Å². The van der Waals surface area contributed by atoms with Crippen molar-refractivity contribution in [1.29, 1.82) is 0 Å². The minimum absolute atomic E-state index is 0.0786. The van der Waals surface area contributed by atoms with Gasteiger partial charge in [0.25, 0.3) is 0 Å². The van der Waals surface area contributed by atoms with Crippen LogP contribution in [0.2, 0.25) is 0 Å². The Morgan fingerprint density at radius 3 is 2.72 bits per heavy atom. The first kappa shape index (κ1) is 12.4. The fraction of sp³-hybridized carbons (Fsp3) is 0.385. The van der Waals surface area contributed by atoms with Crippen LogP contribution in [0.5, 0.6) is 0 Å². The highest BCUT2D eigenvalue weighted by atomic mass is 16.5. The van der Waals surface area contributed by atoms with Gasteiger partial charge in [0.15, 0.2) is 0 Å². The number of hydrogen-bond donors (Lipinski definition) is 2. The van der Waals surface area contributed by atoms with Crippen LogP contribution in [0.25, 0.3) is 11.0 Å². The van der Waals surface area contributed by atoms with E-state index in [1.54, 1.807) is 0 Å². The molecule has 0 unspecified atom stereocenters. The second-order valence-electron chi connectivity index (χ2n) is 5.18. The summed E-state index contributed by atoms with van der Waals surface area (Å²) >= 11 is 0. The minimum atomic E-state index is -0.537. The molecule has 5 heteroatoms. The summed E-state index contributed by atoms with van der Waals surface area (Å²) in [6.07, 6.45) is -0.537. The Hall–Kier alpha value is -2.04. The van der Waals surface area contributed by atoms with Crippen LogP contribution in [0.15, 0.2) is 18.2 Å². The van der Waals surface area contributed by atoms with Crippen molar-refractivity contribution in [3.8, 4) is 0 Å². The highest BCUT2D eigenvalue weighted by molar-refractivity contribution is 5.86. The van der Waals surface area contributed by atoms with Crippen LogP contribution < -0.4 is 5.32 Å². The lowest BCUT2D eigenvalue weighted by Gasteiger charge is -2.18. The number of H-pyrrole nitrogens is 1. The number of aromatic nitrogens is 2. The van der Waals surface area contributed by atoms with Gasteiger partial charge in [-0.1, -0.05) is 26.8 Å². The first-order valence-electron chi connectivity index (χ1n) is 5.75. The fourth-order valence-electron chi connectivity index (χ4n) is 1.68. The van der Waals surface area contributed by atoms with E-state index in [9.17, 15) is 4.79 Å². The van der Waals surface area contributed by atoms with E-state index in [1.807, 2.05) is 18.2 Å². The molecule has 0 saturated heterocycles. The smallest absolute Gasteiger partial charge is 0.413 e. The van der Waals surface area contributed by atoms with Gasteiger partial charge in [-0.05, 0) is 23.1 Å². The van der Waals surface area contributed by atoms with Crippen LogP contribution in [0.4, 0.5) is 10.7 Å². The van der Waals surface area contributed by atoms with E-state index in [0.29, 0.717) is 5.95 Å². The minimum Gasteiger partial charge on any atom is -0.453 e. The van der Waals surface area contributed by atoms with Crippen molar-refractivity contribution >= 4 is 23.1 Å². The van der Waals surface area contributed by atoms with Crippen LogP contribution in [-0.2, 0) is 10.2 Å². The number of hydrogen-bond acceptors (Lipinski definition) is 3. The number of nitrogens with zero attached hydrogens (tertiary/aromatic N) is 1. The Kier molecular flexibility index (Phi) is 2.98. The molecular formula is C13H17N3O2. The van der Waals surface area contributed by atoms with Gasteiger partial charge in [-0.25, -0.2) is 9.78 Å². The maximum absolute atomic E-state index is 11.1. The summed E-state index contributed by atoms with van der Waals surface area (Å²) in [5, 5.41) is 2.51. The molecule has 0 aliphatic carbocycles. The maximum atomic E-state index is 11.1. The third-order valence-electron chi connectivity index (χ3n) is 2.75. The van der Waals surface area contributed by atoms with Crippen molar-refractivity contribution in [2.24, 2.45) is 0 Å². The molecule has 1 heterocycles. The van der Waals surface area contributed by atoms with E-state index in [1.165, 1.54) is 12.7 Å². The summed E-state index contributed by atoms with van der Waals surface area (Å²) in [6.45, 7) is 6.45. The number of amides is 1. The standard InChI is InChI=1S/C13H17N3O2/c1-13(2,3)8-5-6-9-10(7-8)15-11(14-9)16-12(17)18-4/h5-7H,1-4H3,(H2,14,15,16,17). The average molecular weight is 247 g/mol. The Bertz CT molecular complexity index is 581. The van der Waals surface area contributed by atoms with E-state index in [4.69, 9.17) is 0 Å². The SMILES string of the molecule is COC(=O)Nc1nc2ccc(C(C)(C)C)cc2[nH]1. The summed E-state index contributed by atoms with van der Waals surface area (Å²) in [7, 11) is 1.32. The third-order valence-corrected chi connectivity index (χ3v) is 2.75. The van der Waals surface area contributed by atoms with E-state index < -0.39 is 6.09 Å². The number of nitrogens with one attached hydrogen (secondary N) is 2. The Labute approximate surface area is 106 Å². The van der Waals surface area contributed by atoms with Crippen molar-refractivity contribution in [1.82, 2.24) is 9.97 Å². The first-order chi connectivity index (χ1) is 8.40. The first-order valence-corrected chi connectivity index (χ1v) is 5.75. The number of imidazole rings is 1. The Morgan fingerprint density at radius 2 is 2.11 bits per heavy atom. The maximum Gasteiger partial charge on any atom is 0.413 e. The number of fused-ring (bicyclic) bond motifs is 1. The fourth-order valence-corrected chi connectivity index (χ4v) is 1.68. The van der Waals surface area contributed by atoms with Crippen molar-refractivity contribution in [3.05, 3.63) is 23.8 Å². The lowest BCUT2D eigenvalue weighted by Crippen LogP contribution is -2.11. The zero-order valence-corrected chi connectivity index (χ0v) is 11.0. The average Bonchev–Trinajstić information content (AvgIpc) is 2.68. The number of anilines is 1. The van der Waals surface area contributed by atoms with Crippen LogP contribution in [0.1, 0.15) is 26.3 Å². The summed E-state index contributed by atoms with van der Waals surface area (Å²) in [5.41, 5.74) is 3.00. The van der Waals surface area contributed by atoms with Crippen molar-refractivity contribution in [3.63, 3.8) is 0 Å². The van der Waals surface area contributed by atoms with Crippen LogP contribution in [-0.4, -0.2) is 23.2 Å². The summed E-state index contributed by atoms with van der Waals surface area (Å²) in [5.74, 6) is 0.392. The quantitative estimate of drug-likeness (QED) is 0.813. The van der Waals surface area contributed by atoms with Gasteiger partial charge >= 0.3 is 6.09 Å². The Morgan fingerprint density at radius 1 is 1.39 bits per heavy atom. The van der Waals surface area contributed by atoms with E-state index in [-0.39, 0.29) is 5.41 Å². The van der Waals surface area contributed by atoms with Crippen molar-refractivity contribution in [2.75, 3.05) is 12.4 Å². The number of aromatic amines is 1. The normalized spacial score (nSPS) is 11.6. The summed E-state index contributed by atoms with van der Waals surface area (Å²) in [6, 6.07) is 6.03. The molecule has 0 aliphatic heterocycles. The molecule has 2 aromatic rings. The van der Waals surface area contributed by atoms with Gasteiger partial charge in [-0.3, -0.25) is 5.32 Å². The van der Waals surface area contributed by atoms with Gasteiger partial charge in [-0.2, -0.15) is 0 Å². The van der Waals surface area contributed by atoms with Gasteiger partial charge in [0.2, 0.25) is 5.95 Å². The molecule has 1 aromatic carbocycles. The van der Waals surface area contributed by atoms with E-state index in [0.717, 1.165) is 11.0 Å². The van der Waals surface area contributed by atoms with Crippen LogP contribution >= 0.6 is 0 Å². The molecule has 0 bridgehead atoms. The predicted molar refractivity (Wildman–Crippen MR) is 70.8 cm³/mol. The van der Waals surface area contributed by atoms with Gasteiger partial charge in [0.1, 0.15) is 0 Å². The zero-order chi connectivity index (χ0) is 13.3. The number of methoxy groups -OCH3 is 1. The number of rotatable bonds is 1. The molecule has 2 N–H and O–H groups in total. The summed E-state index contributed by atoms with van der Waals surface area (Å²) < 4.78 is 4.52. The monoisotopic (exact) mass is 247 g/mol. The molecule has 96 valence electrons. The molecule has 18 heavy (non-hydrogen) atoms. The van der Waals surface area contributed by atoms with Crippen LogP contribution in [0.3, 0.4) is 0 Å². The lowest BCUT2D eigenvalue weighted by atomic mass is 9.87. The molecule has 1 aromatic heterocycles. The number of carbonyl (C=O) groups excluding carboxylic acids is 1. The molecule has 0 fully saturated rings. The molecule has 0 atom stereocenters. The number of ether oxygens (including phenoxy) is 1. The largest absolute Gasteiger partial charge is 0.453 e. The van der Waals surface area contributed by atoms with Crippen LogP contribution in [0, 0.1) is 0 Å². The topological polar surface area (TPSA) is 67.0 Å². The van der Waals surface area contributed by atoms with Gasteiger partial charge in [0.05, 0.1) is 18.1 Å². The molecule has 0 saturated carbocycles. The third kappa shape index (κ3) is 2.45. The van der Waals surface area contributed by atoms with Gasteiger partial charge in [0, 0.05) is 0 Å². The second-order valence-corrected chi connectivity index (χ2v) is 5.18. The molecule has 0 spiro atoms. The molecular weight excluding hydrogens is 230 g/mol. The second kappa shape index (κ2) is 4.33. The van der Waals surface area contributed by atoms with E-state index >= 15 is 0 Å². The van der Waals surface area contributed by atoms with Gasteiger partial charge in [-0.15, -0.1) is 0 Å². The molecule has 0 aliphatic rings.